The maximum Gasteiger partial charge on any atom is 0.274 e. The lowest BCUT2D eigenvalue weighted by Gasteiger charge is -2.22. The van der Waals surface area contributed by atoms with Gasteiger partial charge in [-0.05, 0) is 24.6 Å². The van der Waals surface area contributed by atoms with E-state index in [0.717, 1.165) is 16.8 Å². The Labute approximate surface area is 151 Å². The van der Waals surface area contributed by atoms with Crippen molar-refractivity contribution in [3.8, 4) is 11.5 Å². The average Bonchev–Trinajstić information content (AvgIpc) is 3.31. The first kappa shape index (κ1) is 16.2. The fourth-order valence-corrected chi connectivity index (χ4v) is 3.01. The average molecular weight is 349 g/mol. The molecule has 2 aromatic carbocycles. The number of amides is 1. The Morgan fingerprint density at radius 1 is 1.12 bits per heavy atom. The number of carbonyl (C=O) groups excluding carboxylic acids is 1. The molecule has 0 saturated heterocycles. The molecule has 3 aromatic rings. The standard InChI is InChI=1S/C20H19N3O3/c1-14-10-17(22-21-14)20(24)23(11-15-6-3-2-4-7-15)12-16-8-5-9-18-19(16)26-13-25-18/h2-10H,11-13H2,1H3,(H,21,22). The maximum atomic E-state index is 13.0. The van der Waals surface area contributed by atoms with E-state index in [9.17, 15) is 4.79 Å². The molecule has 1 aliphatic rings. The van der Waals surface area contributed by atoms with Gasteiger partial charge in [0, 0.05) is 17.8 Å². The Morgan fingerprint density at radius 2 is 1.96 bits per heavy atom. The summed E-state index contributed by atoms with van der Waals surface area (Å²) >= 11 is 0. The predicted octanol–water partition coefficient (Wildman–Crippen LogP) is 3.29. The SMILES string of the molecule is Cc1cc(C(=O)N(Cc2ccccc2)Cc2cccc3c2OCO3)n[nH]1. The molecule has 0 saturated carbocycles. The van der Waals surface area contributed by atoms with E-state index in [1.165, 1.54) is 0 Å². The van der Waals surface area contributed by atoms with Crippen molar-refractivity contribution in [1.82, 2.24) is 15.1 Å². The number of nitrogens with zero attached hydrogens (tertiary/aromatic N) is 2. The van der Waals surface area contributed by atoms with E-state index in [2.05, 4.69) is 10.2 Å². The maximum absolute atomic E-state index is 13.0. The van der Waals surface area contributed by atoms with Gasteiger partial charge in [-0.25, -0.2) is 0 Å². The van der Waals surface area contributed by atoms with E-state index >= 15 is 0 Å². The minimum Gasteiger partial charge on any atom is -0.454 e. The van der Waals surface area contributed by atoms with Crippen molar-refractivity contribution in [3.63, 3.8) is 0 Å². The molecule has 2 heterocycles. The van der Waals surface area contributed by atoms with Crippen LogP contribution in [-0.4, -0.2) is 27.8 Å². The Hall–Kier alpha value is -3.28. The van der Waals surface area contributed by atoms with Crippen molar-refractivity contribution in [2.45, 2.75) is 20.0 Å². The van der Waals surface area contributed by atoms with E-state index in [1.807, 2.05) is 55.5 Å². The van der Waals surface area contributed by atoms with Crippen LogP contribution in [0.15, 0.2) is 54.6 Å². The number of rotatable bonds is 5. The highest BCUT2D eigenvalue weighted by Crippen LogP contribution is 2.36. The molecule has 4 rings (SSSR count). The van der Waals surface area contributed by atoms with E-state index in [4.69, 9.17) is 9.47 Å². The number of nitrogens with one attached hydrogen (secondary N) is 1. The lowest BCUT2D eigenvalue weighted by atomic mass is 10.1. The van der Waals surface area contributed by atoms with Gasteiger partial charge in [0.25, 0.3) is 5.91 Å². The highest BCUT2D eigenvalue weighted by molar-refractivity contribution is 5.92. The summed E-state index contributed by atoms with van der Waals surface area (Å²) in [6, 6.07) is 17.4. The van der Waals surface area contributed by atoms with E-state index in [0.29, 0.717) is 30.3 Å². The minimum absolute atomic E-state index is 0.130. The third kappa shape index (κ3) is 3.26. The molecule has 0 atom stereocenters. The van der Waals surface area contributed by atoms with Crippen molar-refractivity contribution in [2.75, 3.05) is 6.79 Å². The molecule has 0 unspecified atom stereocenters. The molecule has 0 radical (unpaired) electrons. The number of fused-ring (bicyclic) bond motifs is 1. The Morgan fingerprint density at radius 3 is 2.73 bits per heavy atom. The summed E-state index contributed by atoms with van der Waals surface area (Å²) < 4.78 is 11.0. The van der Waals surface area contributed by atoms with Gasteiger partial charge in [0.2, 0.25) is 6.79 Å². The normalized spacial score (nSPS) is 12.2. The topological polar surface area (TPSA) is 67.5 Å². The summed E-state index contributed by atoms with van der Waals surface area (Å²) in [4.78, 5) is 14.8. The molecule has 1 aliphatic heterocycles. The summed E-state index contributed by atoms with van der Waals surface area (Å²) in [5, 5.41) is 6.95. The van der Waals surface area contributed by atoms with Gasteiger partial charge >= 0.3 is 0 Å². The van der Waals surface area contributed by atoms with Crippen LogP contribution >= 0.6 is 0 Å². The van der Waals surface area contributed by atoms with Crippen LogP contribution in [0.25, 0.3) is 0 Å². The number of para-hydroxylation sites is 1. The van der Waals surface area contributed by atoms with Crippen molar-refractivity contribution in [2.24, 2.45) is 0 Å². The number of aryl methyl sites for hydroxylation is 1. The molecule has 0 fully saturated rings. The fourth-order valence-electron chi connectivity index (χ4n) is 3.01. The van der Waals surface area contributed by atoms with Crippen LogP contribution in [0.4, 0.5) is 0 Å². The smallest absolute Gasteiger partial charge is 0.274 e. The van der Waals surface area contributed by atoms with Gasteiger partial charge in [-0.3, -0.25) is 9.89 Å². The van der Waals surface area contributed by atoms with Gasteiger partial charge < -0.3 is 14.4 Å². The first-order chi connectivity index (χ1) is 12.7. The van der Waals surface area contributed by atoms with E-state index in [1.54, 1.807) is 11.0 Å². The fraction of sp³-hybridized carbons (Fsp3) is 0.200. The Bertz CT molecular complexity index is 921. The lowest BCUT2D eigenvalue weighted by molar-refractivity contribution is 0.0722. The number of benzene rings is 2. The van der Waals surface area contributed by atoms with Gasteiger partial charge in [-0.2, -0.15) is 5.10 Å². The second kappa shape index (κ2) is 6.92. The summed E-state index contributed by atoms with van der Waals surface area (Å²) in [6.07, 6.45) is 0. The van der Waals surface area contributed by atoms with Crippen LogP contribution in [0.3, 0.4) is 0 Å². The number of H-pyrrole nitrogens is 1. The second-order valence-electron chi connectivity index (χ2n) is 6.23. The molecule has 0 spiro atoms. The molecule has 6 nitrogen and oxygen atoms in total. The zero-order chi connectivity index (χ0) is 17.9. The predicted molar refractivity (Wildman–Crippen MR) is 95.9 cm³/mol. The highest BCUT2D eigenvalue weighted by atomic mass is 16.7. The van der Waals surface area contributed by atoms with E-state index in [-0.39, 0.29) is 12.7 Å². The van der Waals surface area contributed by atoms with Crippen molar-refractivity contribution >= 4 is 5.91 Å². The third-order valence-electron chi connectivity index (χ3n) is 4.27. The molecule has 132 valence electrons. The second-order valence-corrected chi connectivity index (χ2v) is 6.23. The zero-order valence-electron chi connectivity index (χ0n) is 14.4. The minimum atomic E-state index is -0.130. The van der Waals surface area contributed by atoms with Crippen LogP contribution in [0.5, 0.6) is 11.5 Å². The van der Waals surface area contributed by atoms with Crippen LogP contribution in [0.1, 0.15) is 27.3 Å². The molecule has 26 heavy (non-hydrogen) atoms. The van der Waals surface area contributed by atoms with Crippen LogP contribution < -0.4 is 9.47 Å². The molecule has 0 aliphatic carbocycles. The number of carbonyl (C=O) groups is 1. The van der Waals surface area contributed by atoms with Crippen molar-refractivity contribution < 1.29 is 14.3 Å². The van der Waals surface area contributed by atoms with Gasteiger partial charge in [0.1, 0.15) is 5.69 Å². The van der Waals surface area contributed by atoms with Crippen LogP contribution in [-0.2, 0) is 13.1 Å². The molecule has 6 heteroatoms. The first-order valence-corrected chi connectivity index (χ1v) is 8.43. The van der Waals surface area contributed by atoms with Gasteiger partial charge in [0.05, 0.1) is 6.54 Å². The molecule has 1 N–H and O–H groups in total. The number of aromatic nitrogens is 2. The molecule has 1 amide bonds. The molecular formula is C20H19N3O3. The Kier molecular flexibility index (Phi) is 4.31. The van der Waals surface area contributed by atoms with Crippen molar-refractivity contribution in [1.29, 1.82) is 0 Å². The quantitative estimate of drug-likeness (QED) is 0.767. The number of hydrogen-bond donors (Lipinski definition) is 1. The van der Waals surface area contributed by atoms with E-state index < -0.39 is 0 Å². The molecule has 0 bridgehead atoms. The molecular weight excluding hydrogens is 330 g/mol. The Balaban J connectivity index is 1.64. The first-order valence-electron chi connectivity index (χ1n) is 8.43. The summed E-state index contributed by atoms with van der Waals surface area (Å²) in [6.45, 7) is 2.97. The third-order valence-corrected chi connectivity index (χ3v) is 4.27. The number of aromatic amines is 1. The van der Waals surface area contributed by atoms with Gasteiger partial charge in [0.15, 0.2) is 11.5 Å². The largest absolute Gasteiger partial charge is 0.454 e. The van der Waals surface area contributed by atoms with Crippen LogP contribution in [0, 0.1) is 6.92 Å². The monoisotopic (exact) mass is 349 g/mol. The summed E-state index contributed by atoms with van der Waals surface area (Å²) in [5.74, 6) is 1.29. The lowest BCUT2D eigenvalue weighted by Crippen LogP contribution is -2.30. The van der Waals surface area contributed by atoms with Crippen LogP contribution in [0.2, 0.25) is 0 Å². The van der Waals surface area contributed by atoms with Gasteiger partial charge in [-0.1, -0.05) is 42.5 Å². The number of ether oxygens (including phenoxy) is 2. The number of hydrogen-bond acceptors (Lipinski definition) is 4. The summed E-state index contributed by atoms with van der Waals surface area (Å²) in [5.41, 5.74) is 3.22. The molecule has 1 aromatic heterocycles. The highest BCUT2D eigenvalue weighted by Gasteiger charge is 2.23. The zero-order valence-corrected chi connectivity index (χ0v) is 14.4. The van der Waals surface area contributed by atoms with Crippen molar-refractivity contribution in [3.05, 3.63) is 77.1 Å². The van der Waals surface area contributed by atoms with Gasteiger partial charge in [-0.15, -0.1) is 0 Å². The summed E-state index contributed by atoms with van der Waals surface area (Å²) in [7, 11) is 0.